The summed E-state index contributed by atoms with van der Waals surface area (Å²) in [6.07, 6.45) is 1.95. The lowest BCUT2D eigenvalue weighted by Gasteiger charge is -2.13. The zero-order valence-electron chi connectivity index (χ0n) is 18.4. The van der Waals surface area contributed by atoms with Crippen LogP contribution in [0.1, 0.15) is 0 Å². The second kappa shape index (κ2) is 7.50. The van der Waals surface area contributed by atoms with Crippen LogP contribution in [0.25, 0.3) is 65.7 Å². The number of nitrogens with zero attached hydrogens (tertiary/aromatic N) is 2. The second-order valence-electron chi connectivity index (χ2n) is 8.68. The molecule has 0 bridgehead atoms. The number of benzene rings is 5. The molecular formula is C32H20N2. The molecule has 0 N–H and O–H groups in total. The Morgan fingerprint density at radius 3 is 2.03 bits per heavy atom. The minimum absolute atomic E-state index is 0.963. The zero-order chi connectivity index (χ0) is 22.5. The monoisotopic (exact) mass is 432 g/mol. The fraction of sp³-hybridized carbons (Fsp3) is 0. The maximum absolute atomic E-state index is 5.08. The Labute approximate surface area is 197 Å². The number of aromatic nitrogens is 2. The van der Waals surface area contributed by atoms with Crippen LogP contribution in [-0.2, 0) is 0 Å². The van der Waals surface area contributed by atoms with Crippen molar-refractivity contribution >= 4 is 43.2 Å². The van der Waals surface area contributed by atoms with Gasteiger partial charge in [0.25, 0.3) is 0 Å². The molecule has 2 aromatic heterocycles. The normalized spacial score (nSPS) is 11.5. The summed E-state index contributed by atoms with van der Waals surface area (Å²) in [5.74, 6) is 0. The van der Waals surface area contributed by atoms with Gasteiger partial charge in [-0.2, -0.15) is 0 Å². The van der Waals surface area contributed by atoms with Crippen molar-refractivity contribution in [2.45, 2.75) is 0 Å². The molecule has 0 unspecified atom stereocenters. The van der Waals surface area contributed by atoms with E-state index in [1.165, 1.54) is 32.3 Å². The van der Waals surface area contributed by atoms with E-state index in [9.17, 15) is 0 Å². The van der Waals surface area contributed by atoms with Crippen molar-refractivity contribution < 1.29 is 0 Å². The van der Waals surface area contributed by atoms with E-state index in [0.717, 1.165) is 33.4 Å². The van der Waals surface area contributed by atoms with Gasteiger partial charge in [-0.15, -0.1) is 0 Å². The minimum atomic E-state index is 0.963. The summed E-state index contributed by atoms with van der Waals surface area (Å²) in [5.41, 5.74) is 5.07. The van der Waals surface area contributed by atoms with Gasteiger partial charge in [-0.3, -0.25) is 4.98 Å². The molecule has 34 heavy (non-hydrogen) atoms. The number of pyridine rings is 2. The van der Waals surface area contributed by atoms with Crippen LogP contribution in [0.3, 0.4) is 0 Å². The molecule has 0 atom stereocenters. The minimum Gasteiger partial charge on any atom is -0.256 e. The third-order valence-electron chi connectivity index (χ3n) is 6.67. The molecule has 0 fully saturated rings. The lowest BCUT2D eigenvalue weighted by Crippen LogP contribution is -1.92. The number of hydrogen-bond acceptors (Lipinski definition) is 2. The molecular weight excluding hydrogens is 412 g/mol. The molecule has 7 rings (SSSR count). The van der Waals surface area contributed by atoms with Crippen LogP contribution in [-0.4, -0.2) is 9.97 Å². The molecule has 0 saturated heterocycles. The van der Waals surface area contributed by atoms with E-state index >= 15 is 0 Å². The highest BCUT2D eigenvalue weighted by Gasteiger charge is 2.13. The largest absolute Gasteiger partial charge is 0.256 e. The van der Waals surface area contributed by atoms with Gasteiger partial charge in [0.05, 0.1) is 16.9 Å². The molecule has 0 aliphatic carbocycles. The highest BCUT2D eigenvalue weighted by Crippen LogP contribution is 2.37. The first-order chi connectivity index (χ1) is 16.8. The van der Waals surface area contributed by atoms with Gasteiger partial charge in [-0.1, -0.05) is 91.0 Å². The Hall–Kier alpha value is -4.56. The summed E-state index contributed by atoms with van der Waals surface area (Å²) in [6, 6.07) is 40.5. The van der Waals surface area contributed by atoms with Crippen LogP contribution in [0.2, 0.25) is 0 Å². The quantitative estimate of drug-likeness (QED) is 0.256. The Morgan fingerprint density at radius 2 is 1.18 bits per heavy atom. The highest BCUT2D eigenvalue weighted by atomic mass is 14.7. The fourth-order valence-electron chi connectivity index (χ4n) is 5.00. The summed E-state index contributed by atoms with van der Waals surface area (Å²) < 4.78 is 0. The van der Waals surface area contributed by atoms with E-state index in [2.05, 4.69) is 115 Å². The molecule has 0 spiro atoms. The highest BCUT2D eigenvalue weighted by molar-refractivity contribution is 6.22. The van der Waals surface area contributed by atoms with E-state index < -0.39 is 0 Å². The SMILES string of the molecule is c1ccc2cc(-c3ccc(-c4nc5ccccc5c5c4ccc4ccccc45)cn3)ccc2c1. The topological polar surface area (TPSA) is 25.8 Å². The van der Waals surface area contributed by atoms with Gasteiger partial charge in [0, 0.05) is 33.5 Å². The standard InChI is InChI=1S/C32H20N2/c1-2-9-23-19-24(14-13-21(23)7-1)29-18-16-25(20-33-29)32-28-17-15-22-8-3-4-10-26(22)31(28)27-11-5-6-12-30(27)34-32/h1-20H. The van der Waals surface area contributed by atoms with Crippen molar-refractivity contribution in [2.24, 2.45) is 0 Å². The average molecular weight is 433 g/mol. The van der Waals surface area contributed by atoms with Crippen LogP contribution in [0.5, 0.6) is 0 Å². The molecule has 5 aromatic carbocycles. The lowest BCUT2D eigenvalue weighted by atomic mass is 9.95. The van der Waals surface area contributed by atoms with Crippen LogP contribution < -0.4 is 0 Å². The van der Waals surface area contributed by atoms with Gasteiger partial charge >= 0.3 is 0 Å². The summed E-state index contributed by atoms with van der Waals surface area (Å²) >= 11 is 0. The Kier molecular flexibility index (Phi) is 4.18. The molecule has 0 aliphatic heterocycles. The van der Waals surface area contributed by atoms with Crippen LogP contribution in [0, 0.1) is 0 Å². The molecule has 2 heteroatoms. The van der Waals surface area contributed by atoms with Crippen molar-refractivity contribution in [3.63, 3.8) is 0 Å². The van der Waals surface area contributed by atoms with E-state index in [-0.39, 0.29) is 0 Å². The molecule has 158 valence electrons. The number of rotatable bonds is 2. The van der Waals surface area contributed by atoms with Gasteiger partial charge < -0.3 is 0 Å². The van der Waals surface area contributed by atoms with Crippen molar-refractivity contribution in [1.82, 2.24) is 9.97 Å². The predicted octanol–water partition coefficient (Wildman–Crippen LogP) is 8.42. The van der Waals surface area contributed by atoms with Gasteiger partial charge in [-0.05, 0) is 45.8 Å². The predicted molar refractivity (Wildman–Crippen MR) is 143 cm³/mol. The van der Waals surface area contributed by atoms with Crippen molar-refractivity contribution in [2.75, 3.05) is 0 Å². The fourth-order valence-corrected chi connectivity index (χ4v) is 5.00. The van der Waals surface area contributed by atoms with Crippen LogP contribution >= 0.6 is 0 Å². The maximum atomic E-state index is 5.08. The molecule has 2 nitrogen and oxygen atoms in total. The van der Waals surface area contributed by atoms with E-state index in [1.54, 1.807) is 0 Å². The summed E-state index contributed by atoms with van der Waals surface area (Å²) in [5, 5.41) is 8.53. The molecule has 0 saturated carbocycles. The van der Waals surface area contributed by atoms with Gasteiger partial charge in [0.1, 0.15) is 0 Å². The Balaban J connectivity index is 1.43. The van der Waals surface area contributed by atoms with Crippen molar-refractivity contribution in [3.8, 4) is 22.5 Å². The third kappa shape index (κ3) is 2.96. The van der Waals surface area contributed by atoms with E-state index in [4.69, 9.17) is 9.97 Å². The summed E-state index contributed by atoms with van der Waals surface area (Å²) in [6.45, 7) is 0. The zero-order valence-corrected chi connectivity index (χ0v) is 18.4. The first kappa shape index (κ1) is 19.0. The second-order valence-corrected chi connectivity index (χ2v) is 8.68. The third-order valence-corrected chi connectivity index (χ3v) is 6.67. The summed E-state index contributed by atoms with van der Waals surface area (Å²) in [7, 11) is 0. The smallest absolute Gasteiger partial charge is 0.0803 e. The van der Waals surface area contributed by atoms with Crippen LogP contribution in [0.15, 0.2) is 121 Å². The van der Waals surface area contributed by atoms with Crippen LogP contribution in [0.4, 0.5) is 0 Å². The molecule has 0 radical (unpaired) electrons. The van der Waals surface area contributed by atoms with Gasteiger partial charge in [0.15, 0.2) is 0 Å². The number of hydrogen-bond donors (Lipinski definition) is 0. The first-order valence-corrected chi connectivity index (χ1v) is 11.5. The maximum Gasteiger partial charge on any atom is 0.0803 e. The Morgan fingerprint density at radius 1 is 0.471 bits per heavy atom. The van der Waals surface area contributed by atoms with E-state index in [0.29, 0.717) is 0 Å². The van der Waals surface area contributed by atoms with Crippen molar-refractivity contribution in [3.05, 3.63) is 121 Å². The Bertz CT molecular complexity index is 1830. The first-order valence-electron chi connectivity index (χ1n) is 11.5. The van der Waals surface area contributed by atoms with Gasteiger partial charge in [0.2, 0.25) is 0 Å². The number of fused-ring (bicyclic) bond motifs is 6. The van der Waals surface area contributed by atoms with Gasteiger partial charge in [-0.25, -0.2) is 4.98 Å². The van der Waals surface area contributed by atoms with Crippen molar-refractivity contribution in [1.29, 1.82) is 0 Å². The molecule has 0 amide bonds. The molecule has 0 aliphatic rings. The lowest BCUT2D eigenvalue weighted by molar-refractivity contribution is 1.31. The molecule has 2 heterocycles. The average Bonchev–Trinajstić information content (AvgIpc) is 2.92. The number of para-hydroxylation sites is 1. The van der Waals surface area contributed by atoms with E-state index in [1.807, 2.05) is 6.20 Å². The molecule has 7 aromatic rings. The summed E-state index contributed by atoms with van der Waals surface area (Å²) in [4.78, 5) is 9.93.